The first-order valence-corrected chi connectivity index (χ1v) is 25.6. The average molecular weight is 875 g/mol. The van der Waals surface area contributed by atoms with Gasteiger partial charge in [-0.25, -0.2) is 0 Å². The molecule has 0 aromatic heterocycles. The summed E-state index contributed by atoms with van der Waals surface area (Å²) >= 11 is 0. The minimum Gasteiger partial charge on any atom is -0.508 e. The molecule has 8 nitrogen and oxygen atoms in total. The van der Waals surface area contributed by atoms with E-state index >= 15 is 4.79 Å². The van der Waals surface area contributed by atoms with Crippen LogP contribution in [0.4, 0.5) is 5.69 Å². The molecule has 2 aliphatic heterocycles. The summed E-state index contributed by atoms with van der Waals surface area (Å²) in [4.78, 5) is 30.4. The van der Waals surface area contributed by atoms with Crippen LogP contribution in [-0.4, -0.2) is 62.9 Å². The quantitative estimate of drug-likeness (QED) is 0.130. The number of allylic oxidation sites excluding steroid dienone is 2. The van der Waals surface area contributed by atoms with Crippen LogP contribution in [0, 0.1) is 51.2 Å². The first kappa shape index (κ1) is 44.8. The summed E-state index contributed by atoms with van der Waals surface area (Å²) in [5, 5.41) is 38.7. The van der Waals surface area contributed by atoms with Crippen molar-refractivity contribution >= 4 is 17.3 Å². The topological polar surface area (TPSA) is 145 Å². The number of aromatic hydroxyl groups is 1. The van der Waals surface area contributed by atoms with E-state index in [9.17, 15) is 20.1 Å². The lowest BCUT2D eigenvalue weighted by atomic mass is 9.31. The van der Waals surface area contributed by atoms with Gasteiger partial charge in [-0.1, -0.05) is 89.6 Å². The summed E-state index contributed by atoms with van der Waals surface area (Å²) in [6.07, 6.45) is 14.8. The predicted molar refractivity (Wildman–Crippen MR) is 252 cm³/mol. The number of nitrogens with two attached hydrogens (primary N) is 1. The minimum absolute atomic E-state index is 0.00323. The molecule has 2 saturated heterocycles. The maximum absolute atomic E-state index is 15.5. The first-order chi connectivity index (χ1) is 30.4. The van der Waals surface area contributed by atoms with Gasteiger partial charge in [-0.15, -0.1) is 0 Å². The van der Waals surface area contributed by atoms with Gasteiger partial charge in [0, 0.05) is 41.4 Å². The molecule has 15 atom stereocenters. The molecule has 5 saturated carbocycles. The number of aliphatic hydroxyl groups excluding tert-OH is 1. The zero-order valence-corrected chi connectivity index (χ0v) is 39.8. The van der Waals surface area contributed by atoms with Crippen LogP contribution in [-0.2, 0) is 14.3 Å². The molecule has 348 valence electrons. The fraction of sp³-hybridized carbons (Fsp3) is 0.714. The second-order valence-corrected chi connectivity index (χ2v) is 24.2. The number of carbonyl (C=O) groups is 2. The third-order valence-electron chi connectivity index (χ3n) is 20.6. The molecule has 8 heteroatoms. The number of benzene rings is 2. The molecule has 64 heavy (non-hydrogen) atoms. The van der Waals surface area contributed by atoms with Crippen LogP contribution < -0.4 is 11.1 Å². The van der Waals surface area contributed by atoms with Gasteiger partial charge >= 0.3 is 0 Å². The Bertz CT molecular complexity index is 2200. The molecular weight excluding hydrogens is 797 g/mol. The second-order valence-electron chi connectivity index (χ2n) is 24.2. The number of carbonyl (C=O) groups excluding carboxylic acids is 2. The summed E-state index contributed by atoms with van der Waals surface area (Å²) in [5.74, 6) is 1.88. The molecule has 8 aliphatic rings. The lowest BCUT2D eigenvalue weighted by Crippen LogP contribution is -2.72. The zero-order chi connectivity index (χ0) is 45.2. The van der Waals surface area contributed by atoms with Crippen molar-refractivity contribution in [1.82, 2.24) is 5.32 Å². The van der Waals surface area contributed by atoms with Crippen molar-refractivity contribution < 1.29 is 29.6 Å². The van der Waals surface area contributed by atoms with E-state index in [1.54, 1.807) is 6.07 Å². The lowest BCUT2D eigenvalue weighted by molar-refractivity contribution is -0.222. The van der Waals surface area contributed by atoms with Crippen LogP contribution in [0.2, 0.25) is 0 Å². The maximum Gasteiger partial charge on any atom is 0.159 e. The number of Topliss-reactive ketones (excluding diaryl/α,β-unsaturated/α-hetero) is 2. The van der Waals surface area contributed by atoms with Gasteiger partial charge in [0.05, 0.1) is 17.3 Å². The third kappa shape index (κ3) is 6.78. The molecule has 0 radical (unpaired) electrons. The van der Waals surface area contributed by atoms with Crippen LogP contribution in [0.3, 0.4) is 0 Å². The zero-order valence-electron chi connectivity index (χ0n) is 39.8. The number of hydrogen-bond donors (Lipinski definition) is 5. The minimum atomic E-state index is -0.853. The number of rotatable bonds is 8. The number of β-amino-alcohol motifs (C(OH)–C–C–N with tert-alkyl or cyclic N) is 1. The van der Waals surface area contributed by atoms with E-state index in [2.05, 4.69) is 58.1 Å². The van der Waals surface area contributed by atoms with Gasteiger partial charge in [-0.3, -0.25) is 9.59 Å². The number of nitrogens with one attached hydrogen (secondary N) is 1. The van der Waals surface area contributed by atoms with Crippen molar-refractivity contribution in [3.63, 3.8) is 0 Å². The van der Waals surface area contributed by atoms with Crippen LogP contribution in [0.25, 0.3) is 0 Å². The number of ketones is 2. The summed E-state index contributed by atoms with van der Waals surface area (Å²) in [5.41, 5.74) is 8.84. The fourth-order valence-electron chi connectivity index (χ4n) is 17.7. The normalized spacial score (nSPS) is 44.5. The maximum atomic E-state index is 15.5. The number of epoxide rings is 1. The van der Waals surface area contributed by atoms with Gasteiger partial charge in [0.1, 0.15) is 17.6 Å². The third-order valence-corrected chi connectivity index (χ3v) is 20.6. The summed E-state index contributed by atoms with van der Waals surface area (Å²) < 4.78 is 6.55. The van der Waals surface area contributed by atoms with Crippen molar-refractivity contribution in [2.75, 3.05) is 12.3 Å². The summed E-state index contributed by atoms with van der Waals surface area (Å²) in [6.45, 7) is 14.1. The number of anilines is 1. The molecule has 2 aromatic carbocycles. The van der Waals surface area contributed by atoms with Gasteiger partial charge in [-0.05, 0) is 172 Å². The predicted octanol–water partition coefficient (Wildman–Crippen LogP) is 10.3. The highest BCUT2D eigenvalue weighted by atomic mass is 16.6. The molecule has 0 spiro atoms. The SMILES string of the molecule is C[C@H](C[C@@H](O)[C@H]1O[C@]1(C)[C@@H]1CCC[C@H]1c1cccc(N)c1)C1=C2CC[C@@H]3[C@]4(C5CCCC5)C[C@H](c5cccc(O)c5)C(=O)[C@]5(C)CCCC[C@@](C)(O)CN[C@@H](C[C@]3(C)[C@@]2(C)CC1=O)[C@H]45. The molecule has 0 unspecified atom stereocenters. The summed E-state index contributed by atoms with van der Waals surface area (Å²) in [7, 11) is 0. The van der Waals surface area contributed by atoms with E-state index in [1.807, 2.05) is 31.2 Å². The Morgan fingerprint density at radius 2 is 1.61 bits per heavy atom. The number of hydrogen-bond acceptors (Lipinski definition) is 8. The molecule has 0 bridgehead atoms. The van der Waals surface area contributed by atoms with E-state index in [4.69, 9.17) is 10.5 Å². The van der Waals surface area contributed by atoms with Gasteiger partial charge in [0.15, 0.2) is 5.78 Å². The monoisotopic (exact) mass is 875 g/mol. The molecule has 7 fully saturated rings. The van der Waals surface area contributed by atoms with Gasteiger partial charge in [0.2, 0.25) is 0 Å². The molecular formula is C56H78N2O6. The van der Waals surface area contributed by atoms with E-state index in [1.165, 1.54) is 24.0 Å². The molecule has 6 aliphatic carbocycles. The largest absolute Gasteiger partial charge is 0.508 e. The van der Waals surface area contributed by atoms with Crippen molar-refractivity contribution in [3.8, 4) is 5.75 Å². The number of aliphatic hydroxyl groups is 2. The number of phenols is 1. The van der Waals surface area contributed by atoms with E-state index in [0.29, 0.717) is 55.3 Å². The molecule has 2 heterocycles. The molecule has 6 N–H and O–H groups in total. The number of nitrogen functional groups attached to an aromatic ring is 1. The van der Waals surface area contributed by atoms with E-state index in [0.717, 1.165) is 93.9 Å². The number of fused-ring (bicyclic) bond motifs is 4. The molecule has 2 aromatic rings. The smallest absolute Gasteiger partial charge is 0.159 e. The average Bonchev–Trinajstić information content (AvgIpc) is 3.67. The summed E-state index contributed by atoms with van der Waals surface area (Å²) in [6, 6.07) is 15.8. The van der Waals surface area contributed by atoms with Crippen LogP contribution in [0.1, 0.15) is 174 Å². The van der Waals surface area contributed by atoms with Crippen molar-refractivity contribution in [1.29, 1.82) is 0 Å². The Labute approximate surface area is 383 Å². The molecule has 0 amide bonds. The Morgan fingerprint density at radius 3 is 2.36 bits per heavy atom. The Kier molecular flexibility index (Phi) is 11.0. The molecule has 10 rings (SSSR count). The Hall–Kier alpha value is -3.04. The van der Waals surface area contributed by atoms with Crippen LogP contribution >= 0.6 is 0 Å². The lowest BCUT2D eigenvalue weighted by Gasteiger charge is -2.73. The Morgan fingerprint density at radius 1 is 0.875 bits per heavy atom. The standard InChI is InChI=1S/C56H78N2O6/c1-33(26-44(60)50-55(6,64-50)41-21-13-20-39(41)34-14-11-18-37(57)27-34)47-42-22-23-46-54(5,53(42,4)31-45(47)61)30-43-48-52(3,25-10-9-24-51(2,63)32-58-43)49(62)40(35-15-12-19-38(59)28-35)29-56(46,48)36-16-7-8-17-36/h11-12,14-15,18-19,27-28,33,36,39-41,43-44,46,48,50,58-60,63H,7-10,13,16-17,20-26,29-32,57H2,1-6H3/t33-,39+,40-,41-,43+,44-,46+,48+,50-,51-,52-,53+,54+,55-,56-/m1/s1. The first-order valence-electron chi connectivity index (χ1n) is 25.6. The van der Waals surface area contributed by atoms with Gasteiger partial charge < -0.3 is 31.1 Å². The highest BCUT2D eigenvalue weighted by Crippen LogP contribution is 2.78. The Balaban J connectivity index is 1.01. The van der Waals surface area contributed by atoms with E-state index < -0.39 is 22.7 Å². The fourth-order valence-corrected chi connectivity index (χ4v) is 17.7. The van der Waals surface area contributed by atoms with E-state index in [-0.39, 0.29) is 57.7 Å². The number of phenolic OH excluding ortho intramolecular Hbond substituents is 1. The van der Waals surface area contributed by atoms with Crippen molar-refractivity contribution in [3.05, 3.63) is 70.8 Å². The highest BCUT2D eigenvalue weighted by molar-refractivity contribution is 6.00. The van der Waals surface area contributed by atoms with Crippen LogP contribution in [0.5, 0.6) is 5.75 Å². The van der Waals surface area contributed by atoms with Gasteiger partial charge in [0.25, 0.3) is 0 Å². The number of ether oxygens (including phenoxy) is 1. The van der Waals surface area contributed by atoms with Crippen LogP contribution in [0.15, 0.2) is 59.7 Å². The van der Waals surface area contributed by atoms with Crippen molar-refractivity contribution in [2.45, 2.75) is 192 Å². The second kappa shape index (κ2) is 15.8. The van der Waals surface area contributed by atoms with Crippen molar-refractivity contribution in [2.24, 2.45) is 51.2 Å². The highest BCUT2D eigenvalue weighted by Gasteiger charge is 2.75. The van der Waals surface area contributed by atoms with Gasteiger partial charge in [-0.2, -0.15) is 0 Å².